The molecule has 0 spiro atoms. The van der Waals surface area contributed by atoms with Crippen LogP contribution in [0.3, 0.4) is 0 Å². The fourth-order valence-corrected chi connectivity index (χ4v) is 3.64. The zero-order valence-corrected chi connectivity index (χ0v) is 11.6. The van der Waals surface area contributed by atoms with Crippen LogP contribution in [-0.2, 0) is 16.4 Å². The van der Waals surface area contributed by atoms with Gasteiger partial charge in [-0.05, 0) is 31.0 Å². The van der Waals surface area contributed by atoms with Crippen molar-refractivity contribution in [2.75, 3.05) is 18.1 Å². The molecule has 0 amide bonds. The first-order chi connectivity index (χ1) is 9.04. The molecule has 1 atom stereocenters. The lowest BCUT2D eigenvalue weighted by Crippen LogP contribution is -2.18. The van der Waals surface area contributed by atoms with Gasteiger partial charge in [0.15, 0.2) is 21.3 Å². The number of ether oxygens (including phenoxy) is 2. The molecule has 6 heteroatoms. The molecule has 1 aromatic rings. The van der Waals surface area contributed by atoms with Crippen molar-refractivity contribution in [3.63, 3.8) is 0 Å². The normalized spacial score (nSPS) is 21.3. The van der Waals surface area contributed by atoms with E-state index in [0.29, 0.717) is 24.5 Å². The summed E-state index contributed by atoms with van der Waals surface area (Å²) >= 11 is 0. The Morgan fingerprint density at radius 2 is 2.16 bits per heavy atom. The molecule has 1 aromatic carbocycles. The smallest absolute Gasteiger partial charge is 0.161 e. The van der Waals surface area contributed by atoms with Gasteiger partial charge >= 0.3 is 0 Å². The zero-order chi connectivity index (χ0) is 13.9. The highest BCUT2D eigenvalue weighted by molar-refractivity contribution is 7.91. The van der Waals surface area contributed by atoms with Crippen LogP contribution in [0, 0.1) is 0 Å². The molecule has 0 radical (unpaired) electrons. The second kappa shape index (κ2) is 5.79. The van der Waals surface area contributed by atoms with E-state index in [0.717, 1.165) is 5.56 Å². The predicted octanol–water partition coefficient (Wildman–Crippen LogP) is 1.14. The van der Waals surface area contributed by atoms with Gasteiger partial charge in [0.25, 0.3) is 0 Å². The zero-order valence-electron chi connectivity index (χ0n) is 10.8. The van der Waals surface area contributed by atoms with Gasteiger partial charge in [-0.1, -0.05) is 6.07 Å². The quantitative estimate of drug-likeness (QED) is 0.879. The van der Waals surface area contributed by atoms with Crippen molar-refractivity contribution in [2.45, 2.75) is 26.1 Å². The van der Waals surface area contributed by atoms with Crippen molar-refractivity contribution in [3.05, 3.63) is 23.8 Å². The van der Waals surface area contributed by atoms with E-state index in [-0.39, 0.29) is 24.2 Å². The summed E-state index contributed by atoms with van der Waals surface area (Å²) in [6.07, 6.45) is 0.194. The number of hydrogen-bond acceptors (Lipinski definition) is 5. The molecule has 0 bridgehead atoms. The van der Waals surface area contributed by atoms with Crippen molar-refractivity contribution in [2.24, 2.45) is 0 Å². The van der Waals surface area contributed by atoms with Gasteiger partial charge in [0.1, 0.15) is 6.10 Å². The van der Waals surface area contributed by atoms with Gasteiger partial charge in [-0.15, -0.1) is 0 Å². The van der Waals surface area contributed by atoms with Crippen molar-refractivity contribution in [1.82, 2.24) is 0 Å². The van der Waals surface area contributed by atoms with E-state index in [2.05, 4.69) is 0 Å². The average Bonchev–Trinajstić information content (AvgIpc) is 2.71. The second-order valence-corrected chi connectivity index (χ2v) is 6.74. The van der Waals surface area contributed by atoms with Crippen LogP contribution in [0.1, 0.15) is 18.9 Å². The highest BCUT2D eigenvalue weighted by Crippen LogP contribution is 2.31. The predicted molar refractivity (Wildman–Crippen MR) is 71.2 cm³/mol. The van der Waals surface area contributed by atoms with Gasteiger partial charge in [0.05, 0.1) is 24.7 Å². The molecule has 19 heavy (non-hydrogen) atoms. The summed E-state index contributed by atoms with van der Waals surface area (Å²) in [7, 11) is -2.96. The third-order valence-corrected chi connectivity index (χ3v) is 4.71. The Kier molecular flexibility index (Phi) is 4.31. The van der Waals surface area contributed by atoms with Gasteiger partial charge in [0.2, 0.25) is 0 Å². The number of aliphatic hydroxyl groups is 1. The summed E-state index contributed by atoms with van der Waals surface area (Å²) in [5.41, 5.74) is 0.731. The molecule has 1 heterocycles. The molecule has 1 aliphatic rings. The molecule has 1 unspecified atom stereocenters. The molecule has 0 saturated carbocycles. The van der Waals surface area contributed by atoms with Crippen LogP contribution in [-0.4, -0.2) is 37.7 Å². The Balaban J connectivity index is 2.15. The topological polar surface area (TPSA) is 72.8 Å². The molecule has 106 valence electrons. The Bertz CT molecular complexity index is 538. The fourth-order valence-electron chi connectivity index (χ4n) is 2.05. The maximum atomic E-state index is 11.4. The SMILES string of the molecule is CCOc1cc(CO)ccc1OC1CCS(=O)(=O)C1. The molecule has 0 aromatic heterocycles. The van der Waals surface area contributed by atoms with Crippen LogP contribution in [0.25, 0.3) is 0 Å². The van der Waals surface area contributed by atoms with E-state index < -0.39 is 9.84 Å². The summed E-state index contributed by atoms with van der Waals surface area (Å²) < 4.78 is 34.0. The molecule has 1 saturated heterocycles. The van der Waals surface area contributed by atoms with Crippen LogP contribution in [0.15, 0.2) is 18.2 Å². The number of aliphatic hydroxyl groups excluding tert-OH is 1. The molecule has 5 nitrogen and oxygen atoms in total. The summed E-state index contributed by atoms with van der Waals surface area (Å²) in [6, 6.07) is 5.16. The van der Waals surface area contributed by atoms with Gasteiger partial charge in [-0.2, -0.15) is 0 Å². The van der Waals surface area contributed by atoms with Gasteiger partial charge in [-0.3, -0.25) is 0 Å². The minimum absolute atomic E-state index is 0.0559. The van der Waals surface area contributed by atoms with E-state index in [9.17, 15) is 8.42 Å². The monoisotopic (exact) mass is 286 g/mol. The van der Waals surface area contributed by atoms with Crippen LogP contribution in [0.4, 0.5) is 0 Å². The molecular formula is C13H18O5S. The molecule has 1 N–H and O–H groups in total. The van der Waals surface area contributed by atoms with Crippen LogP contribution < -0.4 is 9.47 Å². The fraction of sp³-hybridized carbons (Fsp3) is 0.538. The van der Waals surface area contributed by atoms with Crippen molar-refractivity contribution in [3.8, 4) is 11.5 Å². The molecule has 1 fully saturated rings. The first-order valence-electron chi connectivity index (χ1n) is 6.27. The van der Waals surface area contributed by atoms with Crippen LogP contribution >= 0.6 is 0 Å². The van der Waals surface area contributed by atoms with E-state index in [1.165, 1.54) is 0 Å². The molecule has 1 aliphatic heterocycles. The van der Waals surface area contributed by atoms with Gasteiger partial charge in [-0.25, -0.2) is 8.42 Å². The van der Waals surface area contributed by atoms with Gasteiger partial charge in [0, 0.05) is 0 Å². The summed E-state index contributed by atoms with van der Waals surface area (Å²) in [4.78, 5) is 0. The number of rotatable bonds is 5. The number of benzene rings is 1. The lowest BCUT2D eigenvalue weighted by atomic mass is 10.2. The third-order valence-electron chi connectivity index (χ3n) is 2.97. The summed E-state index contributed by atoms with van der Waals surface area (Å²) in [6.45, 7) is 2.27. The third kappa shape index (κ3) is 3.61. The van der Waals surface area contributed by atoms with Crippen LogP contribution in [0.2, 0.25) is 0 Å². The number of sulfone groups is 1. The van der Waals surface area contributed by atoms with Crippen molar-refractivity contribution >= 4 is 9.84 Å². The van der Waals surface area contributed by atoms with Crippen molar-refractivity contribution < 1.29 is 23.0 Å². The van der Waals surface area contributed by atoms with E-state index in [1.54, 1.807) is 18.2 Å². The lowest BCUT2D eigenvalue weighted by Gasteiger charge is -2.16. The first-order valence-corrected chi connectivity index (χ1v) is 8.10. The Morgan fingerprint density at radius 1 is 1.37 bits per heavy atom. The lowest BCUT2D eigenvalue weighted by molar-refractivity contribution is 0.212. The largest absolute Gasteiger partial charge is 0.490 e. The second-order valence-electron chi connectivity index (χ2n) is 4.52. The molecule has 2 rings (SSSR count). The summed E-state index contributed by atoms with van der Waals surface area (Å²) in [5, 5.41) is 9.10. The number of hydrogen-bond donors (Lipinski definition) is 1. The minimum Gasteiger partial charge on any atom is -0.490 e. The standard InChI is InChI=1S/C13H18O5S/c1-2-17-13-7-10(8-14)3-4-12(13)18-11-5-6-19(15,16)9-11/h3-4,7,11,14H,2,5-6,8-9H2,1H3. The van der Waals surface area contributed by atoms with Gasteiger partial charge < -0.3 is 14.6 Å². The maximum Gasteiger partial charge on any atom is 0.161 e. The van der Waals surface area contributed by atoms with E-state index in [1.807, 2.05) is 6.92 Å². The Morgan fingerprint density at radius 3 is 2.74 bits per heavy atom. The Hall–Kier alpha value is -1.27. The summed E-state index contributed by atoms with van der Waals surface area (Å²) in [5.74, 6) is 1.30. The van der Waals surface area contributed by atoms with Crippen molar-refractivity contribution in [1.29, 1.82) is 0 Å². The van der Waals surface area contributed by atoms with E-state index in [4.69, 9.17) is 14.6 Å². The molecular weight excluding hydrogens is 268 g/mol. The first kappa shape index (κ1) is 14.1. The minimum atomic E-state index is -2.96. The highest BCUT2D eigenvalue weighted by Gasteiger charge is 2.30. The van der Waals surface area contributed by atoms with E-state index >= 15 is 0 Å². The maximum absolute atomic E-state index is 11.4. The highest BCUT2D eigenvalue weighted by atomic mass is 32.2. The Labute approximate surface area is 113 Å². The molecule has 0 aliphatic carbocycles. The average molecular weight is 286 g/mol. The van der Waals surface area contributed by atoms with Crippen LogP contribution in [0.5, 0.6) is 11.5 Å².